The second-order valence-electron chi connectivity index (χ2n) is 4.44. The molecule has 1 N–H and O–H groups in total. The maximum atomic E-state index is 10.8. The molecule has 0 spiro atoms. The fourth-order valence-electron chi connectivity index (χ4n) is 1.41. The number of pyridine rings is 1. The van der Waals surface area contributed by atoms with Crippen LogP contribution in [0.5, 0.6) is 5.88 Å². The summed E-state index contributed by atoms with van der Waals surface area (Å²) in [6.45, 7) is 2.42. The van der Waals surface area contributed by atoms with Gasteiger partial charge in [0.25, 0.3) is 0 Å². The third-order valence-electron chi connectivity index (χ3n) is 2.81. The van der Waals surface area contributed by atoms with Crippen molar-refractivity contribution in [3.63, 3.8) is 0 Å². The minimum atomic E-state index is -1.06. The van der Waals surface area contributed by atoms with Crippen LogP contribution in [0.25, 0.3) is 0 Å². The lowest BCUT2D eigenvalue weighted by molar-refractivity contribution is 0.0696. The van der Waals surface area contributed by atoms with E-state index in [4.69, 9.17) is 33.0 Å². The molecule has 0 bridgehead atoms. The predicted molar refractivity (Wildman–Crippen MR) is 64.1 cm³/mol. The van der Waals surface area contributed by atoms with E-state index in [0.717, 1.165) is 6.42 Å². The van der Waals surface area contributed by atoms with Crippen LogP contribution in [0.15, 0.2) is 12.1 Å². The Kier molecular flexibility index (Phi) is 3.19. The first-order valence-corrected chi connectivity index (χ1v) is 5.90. The number of aromatic carboxylic acids is 1. The number of carboxylic acid groups (broad SMARTS) is 1. The van der Waals surface area contributed by atoms with Crippen LogP contribution in [0.2, 0.25) is 5.15 Å². The number of aromatic nitrogens is 1. The highest BCUT2D eigenvalue weighted by Crippen LogP contribution is 2.49. The van der Waals surface area contributed by atoms with Crippen molar-refractivity contribution in [2.24, 2.45) is 5.41 Å². The van der Waals surface area contributed by atoms with Crippen LogP contribution < -0.4 is 4.74 Å². The number of halogens is 2. The highest BCUT2D eigenvalue weighted by Gasteiger charge is 2.49. The summed E-state index contributed by atoms with van der Waals surface area (Å²) in [5.74, 6) is -0.848. The average Bonchev–Trinajstić information content (AvgIpc) is 2.84. The molecule has 1 aliphatic rings. The van der Waals surface area contributed by atoms with Gasteiger partial charge >= 0.3 is 5.97 Å². The summed E-state index contributed by atoms with van der Waals surface area (Å²) in [5, 5.41) is 9.07. The summed E-state index contributed by atoms with van der Waals surface area (Å²) < 4.78 is 5.43. The van der Waals surface area contributed by atoms with Crippen molar-refractivity contribution in [3.8, 4) is 5.88 Å². The van der Waals surface area contributed by atoms with Gasteiger partial charge in [0.05, 0.1) is 12.2 Å². The van der Waals surface area contributed by atoms with Gasteiger partial charge in [-0.15, -0.1) is 11.6 Å². The normalized spacial score (nSPS) is 26.6. The van der Waals surface area contributed by atoms with Gasteiger partial charge in [-0.05, 0) is 12.5 Å². The summed E-state index contributed by atoms with van der Waals surface area (Å²) in [6.07, 6.45) is 0.890. The maximum absolute atomic E-state index is 10.8. The lowest BCUT2D eigenvalue weighted by Gasteiger charge is -2.11. The van der Waals surface area contributed by atoms with Crippen LogP contribution in [0.1, 0.15) is 23.7 Å². The molecule has 1 aliphatic carbocycles. The van der Waals surface area contributed by atoms with E-state index in [1.54, 1.807) is 0 Å². The number of carboxylic acids is 1. The summed E-state index contributed by atoms with van der Waals surface area (Å²) in [4.78, 5) is 14.7. The van der Waals surface area contributed by atoms with Gasteiger partial charge in [-0.2, -0.15) is 0 Å². The molecule has 4 nitrogen and oxygen atoms in total. The van der Waals surface area contributed by atoms with Crippen LogP contribution in [-0.2, 0) is 0 Å². The van der Waals surface area contributed by atoms with E-state index in [-0.39, 0.29) is 27.4 Å². The quantitative estimate of drug-likeness (QED) is 0.678. The SMILES string of the molecule is C[C@]1(COc2cc(C(=O)O)cc(Cl)n2)C[C@@H]1Cl. The summed E-state index contributed by atoms with van der Waals surface area (Å²) in [5.41, 5.74) is 0.0120. The number of hydrogen-bond donors (Lipinski definition) is 1. The van der Waals surface area contributed by atoms with Crippen molar-refractivity contribution in [3.05, 3.63) is 22.8 Å². The van der Waals surface area contributed by atoms with E-state index in [9.17, 15) is 4.79 Å². The Morgan fingerprint density at radius 1 is 1.71 bits per heavy atom. The number of hydrogen-bond acceptors (Lipinski definition) is 3. The Morgan fingerprint density at radius 2 is 2.35 bits per heavy atom. The first-order chi connectivity index (χ1) is 7.90. The van der Waals surface area contributed by atoms with Crippen LogP contribution in [0, 0.1) is 5.41 Å². The molecule has 1 fully saturated rings. The minimum absolute atomic E-state index is 0.0467. The molecule has 6 heteroatoms. The lowest BCUT2D eigenvalue weighted by Crippen LogP contribution is -2.13. The molecule has 2 atom stereocenters. The second-order valence-corrected chi connectivity index (χ2v) is 5.35. The Labute approximate surface area is 109 Å². The van der Waals surface area contributed by atoms with Gasteiger partial charge in [-0.3, -0.25) is 0 Å². The fourth-order valence-corrected chi connectivity index (χ4v) is 2.03. The largest absolute Gasteiger partial charge is 0.478 e. The molecule has 0 aromatic carbocycles. The van der Waals surface area contributed by atoms with Crippen LogP contribution in [-0.4, -0.2) is 28.0 Å². The summed E-state index contributed by atoms with van der Waals surface area (Å²) >= 11 is 11.7. The van der Waals surface area contributed by atoms with Crippen molar-refractivity contribution in [2.45, 2.75) is 18.7 Å². The van der Waals surface area contributed by atoms with Crippen LogP contribution in [0.4, 0.5) is 0 Å². The first-order valence-electron chi connectivity index (χ1n) is 5.08. The zero-order valence-electron chi connectivity index (χ0n) is 9.11. The smallest absolute Gasteiger partial charge is 0.335 e. The number of rotatable bonds is 4. The van der Waals surface area contributed by atoms with Crippen molar-refractivity contribution in [2.75, 3.05) is 6.61 Å². The maximum Gasteiger partial charge on any atom is 0.335 e. The molecule has 0 aliphatic heterocycles. The van der Waals surface area contributed by atoms with Crippen molar-refractivity contribution in [1.82, 2.24) is 4.98 Å². The van der Waals surface area contributed by atoms with Crippen LogP contribution in [0.3, 0.4) is 0 Å². The van der Waals surface area contributed by atoms with Crippen LogP contribution >= 0.6 is 23.2 Å². The third kappa shape index (κ3) is 2.82. The van der Waals surface area contributed by atoms with Gasteiger partial charge in [0.1, 0.15) is 5.15 Å². The highest BCUT2D eigenvalue weighted by atomic mass is 35.5. The molecular formula is C11H11Cl2NO3. The van der Waals surface area contributed by atoms with Gasteiger partial charge < -0.3 is 9.84 Å². The number of carbonyl (C=O) groups is 1. The van der Waals surface area contributed by atoms with E-state index >= 15 is 0 Å². The van der Waals surface area contributed by atoms with E-state index in [0.29, 0.717) is 6.61 Å². The minimum Gasteiger partial charge on any atom is -0.478 e. The lowest BCUT2D eigenvalue weighted by atomic mass is 10.2. The van der Waals surface area contributed by atoms with Gasteiger partial charge in [0.15, 0.2) is 0 Å². The van der Waals surface area contributed by atoms with Gasteiger partial charge in [-0.25, -0.2) is 9.78 Å². The Balaban J connectivity index is 2.08. The second kappa shape index (κ2) is 4.35. The van der Waals surface area contributed by atoms with E-state index < -0.39 is 5.97 Å². The average molecular weight is 276 g/mol. The molecule has 17 heavy (non-hydrogen) atoms. The monoisotopic (exact) mass is 275 g/mol. The summed E-state index contributed by atoms with van der Waals surface area (Å²) in [7, 11) is 0. The Morgan fingerprint density at radius 3 is 2.88 bits per heavy atom. The fraction of sp³-hybridized carbons (Fsp3) is 0.455. The number of nitrogens with zero attached hydrogens (tertiary/aromatic N) is 1. The number of alkyl halides is 1. The predicted octanol–water partition coefficient (Wildman–Crippen LogP) is 2.83. The van der Waals surface area contributed by atoms with E-state index in [1.165, 1.54) is 12.1 Å². The summed E-state index contributed by atoms with van der Waals surface area (Å²) in [6, 6.07) is 2.63. The third-order valence-corrected chi connectivity index (χ3v) is 3.68. The van der Waals surface area contributed by atoms with E-state index in [2.05, 4.69) is 4.98 Å². The molecule has 2 rings (SSSR count). The van der Waals surface area contributed by atoms with Crippen molar-refractivity contribution < 1.29 is 14.6 Å². The Hall–Kier alpha value is -1.000. The molecule has 92 valence electrons. The zero-order chi connectivity index (χ0) is 12.6. The van der Waals surface area contributed by atoms with Gasteiger partial charge in [-0.1, -0.05) is 18.5 Å². The molecule has 1 aromatic rings. The highest BCUT2D eigenvalue weighted by molar-refractivity contribution is 6.29. The molecule has 0 unspecified atom stereocenters. The van der Waals surface area contributed by atoms with Gasteiger partial charge in [0.2, 0.25) is 5.88 Å². The van der Waals surface area contributed by atoms with Crippen molar-refractivity contribution in [1.29, 1.82) is 0 Å². The number of ether oxygens (including phenoxy) is 1. The zero-order valence-corrected chi connectivity index (χ0v) is 10.6. The Bertz CT molecular complexity index is 466. The standard InChI is InChI=1S/C11H11Cl2NO3/c1-11(4-7(11)12)5-17-9-3-6(10(15)16)2-8(13)14-9/h2-3,7H,4-5H2,1H3,(H,15,16)/t7-,11+/m0/s1. The molecule has 1 heterocycles. The first kappa shape index (κ1) is 12.5. The van der Waals surface area contributed by atoms with E-state index in [1.807, 2.05) is 6.92 Å². The van der Waals surface area contributed by atoms with Crippen molar-refractivity contribution >= 4 is 29.2 Å². The molecule has 0 saturated heterocycles. The topological polar surface area (TPSA) is 59.4 Å². The molecule has 1 aromatic heterocycles. The molecule has 0 radical (unpaired) electrons. The van der Waals surface area contributed by atoms with Gasteiger partial charge in [0, 0.05) is 16.9 Å². The molecular weight excluding hydrogens is 265 g/mol. The molecule has 1 saturated carbocycles. The molecule has 0 amide bonds.